The molecule has 1 fully saturated rings. The number of piperidine rings is 1. The molecule has 0 spiro atoms. The molecule has 1 heterocycles. The van der Waals surface area contributed by atoms with Gasteiger partial charge in [0.1, 0.15) is 0 Å². The van der Waals surface area contributed by atoms with Crippen molar-refractivity contribution in [3.05, 3.63) is 28.3 Å². The Kier molecular flexibility index (Phi) is 5.68. The molecule has 142 valence electrons. The van der Waals surface area contributed by atoms with E-state index >= 15 is 0 Å². The summed E-state index contributed by atoms with van der Waals surface area (Å²) in [4.78, 5) is 0.403. The van der Waals surface area contributed by atoms with E-state index in [9.17, 15) is 16.8 Å². The Bertz CT molecular complexity index is 842. The first-order valence-electron chi connectivity index (χ1n) is 8.38. The Morgan fingerprint density at radius 3 is 1.80 bits per heavy atom. The fraction of sp³-hybridized carbons (Fsp3) is 0.647. The van der Waals surface area contributed by atoms with Gasteiger partial charge in [0.25, 0.3) is 0 Å². The zero-order valence-electron chi connectivity index (χ0n) is 15.8. The molecule has 2 rings (SSSR count). The van der Waals surface area contributed by atoms with Gasteiger partial charge in [-0.05, 0) is 62.8 Å². The lowest BCUT2D eigenvalue weighted by molar-refractivity contribution is 0.239. The van der Waals surface area contributed by atoms with Gasteiger partial charge in [-0.25, -0.2) is 21.1 Å². The molecule has 1 aromatic carbocycles. The second-order valence-electron chi connectivity index (χ2n) is 7.00. The summed E-state index contributed by atoms with van der Waals surface area (Å²) in [6, 6.07) is 1.86. The van der Waals surface area contributed by atoms with E-state index in [2.05, 4.69) is 0 Å². The Balaban J connectivity index is 2.30. The van der Waals surface area contributed by atoms with E-state index < -0.39 is 20.0 Å². The van der Waals surface area contributed by atoms with Crippen LogP contribution in [0.25, 0.3) is 0 Å². The van der Waals surface area contributed by atoms with Crippen LogP contribution < -0.4 is 0 Å². The summed E-state index contributed by atoms with van der Waals surface area (Å²) in [7, 11) is -5.30. The monoisotopic (exact) mass is 388 g/mol. The van der Waals surface area contributed by atoms with Crippen molar-refractivity contribution in [1.29, 1.82) is 0 Å². The predicted octanol–water partition coefficient (Wildman–Crippen LogP) is 1.96. The molecule has 25 heavy (non-hydrogen) atoms. The molecular formula is C17H28N2O4S2. The van der Waals surface area contributed by atoms with Gasteiger partial charge in [-0.15, -0.1) is 0 Å². The largest absolute Gasteiger partial charge is 0.243 e. The number of sulfonamides is 2. The number of aryl methyl sites for hydroxylation is 2. The normalized spacial score (nSPS) is 18.0. The third-order valence-corrected chi connectivity index (χ3v) is 8.87. The molecule has 0 radical (unpaired) electrons. The van der Waals surface area contributed by atoms with Gasteiger partial charge >= 0.3 is 0 Å². The van der Waals surface area contributed by atoms with Crippen LogP contribution >= 0.6 is 0 Å². The fourth-order valence-corrected chi connectivity index (χ4v) is 6.21. The van der Waals surface area contributed by atoms with Crippen molar-refractivity contribution in [2.45, 2.75) is 51.5 Å². The van der Waals surface area contributed by atoms with E-state index in [4.69, 9.17) is 0 Å². The highest BCUT2D eigenvalue weighted by Gasteiger charge is 2.34. The molecule has 0 N–H and O–H groups in total. The van der Waals surface area contributed by atoms with Crippen molar-refractivity contribution in [3.8, 4) is 0 Å². The van der Waals surface area contributed by atoms with E-state index in [1.54, 1.807) is 7.05 Å². The first-order chi connectivity index (χ1) is 11.4. The minimum atomic E-state index is -3.59. The summed E-state index contributed by atoms with van der Waals surface area (Å²) in [6.07, 6.45) is 2.19. The first kappa shape index (κ1) is 20.4. The second-order valence-corrected chi connectivity index (χ2v) is 10.9. The summed E-state index contributed by atoms with van der Waals surface area (Å²) in [5.41, 5.74) is 3.51. The van der Waals surface area contributed by atoms with Crippen LogP contribution in [-0.2, 0) is 20.0 Å². The molecule has 0 aliphatic carbocycles. The van der Waals surface area contributed by atoms with Crippen LogP contribution in [0.3, 0.4) is 0 Å². The smallest absolute Gasteiger partial charge is 0.213 e. The molecule has 0 saturated carbocycles. The Labute approximate surface area is 151 Å². The summed E-state index contributed by atoms with van der Waals surface area (Å²) in [5, 5.41) is 0. The molecule has 1 aromatic rings. The van der Waals surface area contributed by atoms with Crippen molar-refractivity contribution in [3.63, 3.8) is 0 Å². The molecule has 8 heteroatoms. The van der Waals surface area contributed by atoms with Crippen molar-refractivity contribution in [1.82, 2.24) is 8.61 Å². The quantitative estimate of drug-likeness (QED) is 0.790. The standard InChI is InChI=1S/C17H28N2O4S2/c1-12-11-13(2)15(4)17(14(12)3)25(22,23)19-9-7-16(8-10-19)18(5)24(6,20)21/h11,16H,7-10H2,1-6H3. The average molecular weight is 389 g/mol. The molecule has 0 atom stereocenters. The van der Waals surface area contributed by atoms with Crippen molar-refractivity contribution in [2.24, 2.45) is 0 Å². The molecule has 0 amide bonds. The Hall–Kier alpha value is -0.960. The van der Waals surface area contributed by atoms with Gasteiger partial charge in [-0.3, -0.25) is 0 Å². The highest BCUT2D eigenvalue weighted by atomic mass is 32.2. The maximum atomic E-state index is 13.2. The molecule has 0 aromatic heterocycles. The van der Waals surface area contributed by atoms with Crippen molar-refractivity contribution >= 4 is 20.0 Å². The van der Waals surface area contributed by atoms with Crippen LogP contribution in [0.2, 0.25) is 0 Å². The van der Waals surface area contributed by atoms with Gasteiger partial charge in [0.05, 0.1) is 11.2 Å². The SMILES string of the molecule is Cc1cc(C)c(C)c(S(=O)(=O)N2CCC(N(C)S(C)(=O)=O)CC2)c1C. The maximum Gasteiger partial charge on any atom is 0.243 e. The molecule has 1 saturated heterocycles. The molecule has 1 aliphatic heterocycles. The summed E-state index contributed by atoms with van der Waals surface area (Å²) >= 11 is 0. The first-order valence-corrected chi connectivity index (χ1v) is 11.7. The lowest BCUT2D eigenvalue weighted by Gasteiger charge is -2.35. The van der Waals surface area contributed by atoms with Crippen molar-refractivity contribution in [2.75, 3.05) is 26.4 Å². The van der Waals surface area contributed by atoms with E-state index in [0.717, 1.165) is 22.3 Å². The van der Waals surface area contributed by atoms with E-state index in [1.165, 1.54) is 14.9 Å². The van der Waals surface area contributed by atoms with Crippen LogP contribution in [0.5, 0.6) is 0 Å². The predicted molar refractivity (Wildman–Crippen MR) is 99.8 cm³/mol. The van der Waals surface area contributed by atoms with Gasteiger partial charge < -0.3 is 0 Å². The van der Waals surface area contributed by atoms with Gasteiger partial charge in [0.15, 0.2) is 0 Å². The number of hydrogen-bond acceptors (Lipinski definition) is 4. The van der Waals surface area contributed by atoms with E-state index in [1.807, 2.05) is 33.8 Å². The van der Waals surface area contributed by atoms with Crippen LogP contribution in [-0.4, -0.2) is 57.9 Å². The van der Waals surface area contributed by atoms with Gasteiger partial charge in [-0.1, -0.05) is 6.07 Å². The van der Waals surface area contributed by atoms with Crippen LogP contribution in [0.1, 0.15) is 35.1 Å². The van der Waals surface area contributed by atoms with E-state index in [-0.39, 0.29) is 6.04 Å². The topological polar surface area (TPSA) is 74.8 Å². The second kappa shape index (κ2) is 6.98. The van der Waals surface area contributed by atoms with Gasteiger partial charge in [-0.2, -0.15) is 4.31 Å². The van der Waals surface area contributed by atoms with E-state index in [0.29, 0.717) is 30.8 Å². The number of benzene rings is 1. The fourth-order valence-electron chi connectivity index (χ4n) is 3.41. The zero-order valence-corrected chi connectivity index (χ0v) is 17.5. The molecule has 6 nitrogen and oxygen atoms in total. The minimum absolute atomic E-state index is 0.150. The zero-order chi connectivity index (χ0) is 19.2. The molecule has 0 bridgehead atoms. The van der Waals surface area contributed by atoms with Crippen molar-refractivity contribution < 1.29 is 16.8 Å². The average Bonchev–Trinajstić information content (AvgIpc) is 2.51. The van der Waals surface area contributed by atoms with Crippen LogP contribution in [0.4, 0.5) is 0 Å². The third-order valence-electron chi connectivity index (χ3n) is 5.36. The molecule has 1 aliphatic rings. The highest BCUT2D eigenvalue weighted by Crippen LogP contribution is 2.30. The maximum absolute atomic E-state index is 13.2. The lowest BCUT2D eigenvalue weighted by atomic mass is 10.0. The lowest BCUT2D eigenvalue weighted by Crippen LogP contribution is -2.47. The number of nitrogens with zero attached hydrogens (tertiary/aromatic N) is 2. The van der Waals surface area contributed by atoms with Gasteiger partial charge in [0.2, 0.25) is 20.0 Å². The summed E-state index contributed by atoms with van der Waals surface area (Å²) in [5.74, 6) is 0. The summed E-state index contributed by atoms with van der Waals surface area (Å²) in [6.45, 7) is 8.21. The van der Waals surface area contributed by atoms with Gasteiger partial charge in [0, 0.05) is 26.2 Å². The molecular weight excluding hydrogens is 360 g/mol. The minimum Gasteiger partial charge on any atom is -0.213 e. The third kappa shape index (κ3) is 3.92. The Morgan fingerprint density at radius 2 is 1.40 bits per heavy atom. The molecule has 0 unspecified atom stereocenters. The summed E-state index contributed by atoms with van der Waals surface area (Å²) < 4.78 is 52.6. The Morgan fingerprint density at radius 1 is 0.960 bits per heavy atom. The van der Waals surface area contributed by atoms with Crippen LogP contribution in [0, 0.1) is 27.7 Å². The van der Waals surface area contributed by atoms with Crippen LogP contribution in [0.15, 0.2) is 11.0 Å². The highest BCUT2D eigenvalue weighted by molar-refractivity contribution is 7.89. The number of rotatable bonds is 4. The number of hydrogen-bond donors (Lipinski definition) is 0.